The summed E-state index contributed by atoms with van der Waals surface area (Å²) in [4.78, 5) is 11.4. The molecule has 0 aromatic heterocycles. The number of carbonyl (C=O) groups is 1. The number of hydrogen-bond acceptors (Lipinski definition) is 9. The third kappa shape index (κ3) is 8.04. The molecule has 3 rings (SSSR count). The van der Waals surface area contributed by atoms with E-state index in [2.05, 4.69) is 0 Å². The van der Waals surface area contributed by atoms with E-state index >= 15 is 0 Å². The summed E-state index contributed by atoms with van der Waals surface area (Å²) in [5.74, 6) is -0.880. The molecule has 0 aliphatic carbocycles. The van der Waals surface area contributed by atoms with Gasteiger partial charge in [-0.2, -0.15) is 16.8 Å². The molecular weight excluding hydrogens is 532 g/mol. The van der Waals surface area contributed by atoms with Crippen LogP contribution in [0.25, 0.3) is 0 Å². The number of esters is 1. The molecule has 0 N–H and O–H groups in total. The van der Waals surface area contributed by atoms with Crippen LogP contribution in [-0.4, -0.2) is 43.1 Å². The van der Waals surface area contributed by atoms with Crippen molar-refractivity contribution < 1.29 is 39.5 Å². The maximum Gasteiger partial charge on any atom is 0.339 e. The van der Waals surface area contributed by atoms with Crippen LogP contribution in [0.2, 0.25) is 0 Å². The Morgan fingerprint density at radius 3 is 1.84 bits per heavy atom. The van der Waals surface area contributed by atoms with Crippen molar-refractivity contribution in [1.29, 1.82) is 0 Å². The highest BCUT2D eigenvalue weighted by atomic mass is 32.2. The normalized spacial score (nSPS) is 12.5. The fourth-order valence-corrected chi connectivity index (χ4v) is 5.39. The summed E-state index contributed by atoms with van der Waals surface area (Å²) in [6.07, 6.45) is 0.248. The summed E-state index contributed by atoms with van der Waals surface area (Å²) < 4.78 is 71.7. The van der Waals surface area contributed by atoms with Crippen molar-refractivity contribution in [3.05, 3.63) is 83.4 Å². The Hall–Kier alpha value is -3.41. The molecule has 0 radical (unpaired) electrons. The summed E-state index contributed by atoms with van der Waals surface area (Å²) in [7, 11) is -6.75. The number of carbonyl (C=O) groups excluding carboxylic acids is 1. The molecule has 0 heterocycles. The number of ether oxygens (including phenoxy) is 2. The first-order valence-corrected chi connectivity index (χ1v) is 14.5. The van der Waals surface area contributed by atoms with E-state index in [0.29, 0.717) is 5.56 Å². The van der Waals surface area contributed by atoms with Gasteiger partial charge < -0.3 is 13.7 Å². The summed E-state index contributed by atoms with van der Waals surface area (Å²) in [5, 5.41) is 0. The van der Waals surface area contributed by atoms with Crippen molar-refractivity contribution in [3.63, 3.8) is 0 Å². The lowest BCUT2D eigenvalue weighted by Gasteiger charge is -2.18. The first kappa shape index (κ1) is 29.2. The molecule has 0 aliphatic heterocycles. The van der Waals surface area contributed by atoms with E-state index in [9.17, 15) is 21.6 Å². The summed E-state index contributed by atoms with van der Waals surface area (Å²) in [5.41, 5.74) is 2.48. The molecule has 0 aliphatic rings. The third-order valence-corrected chi connectivity index (χ3v) is 8.10. The monoisotopic (exact) mass is 562 g/mol. The smallest absolute Gasteiger partial charge is 0.339 e. The van der Waals surface area contributed by atoms with Crippen molar-refractivity contribution in [3.8, 4) is 11.5 Å². The van der Waals surface area contributed by atoms with Crippen LogP contribution < -0.4 is 8.92 Å². The average Bonchev–Trinajstić information content (AvgIpc) is 2.86. The van der Waals surface area contributed by atoms with E-state index in [-0.39, 0.29) is 40.9 Å². The molecule has 0 fully saturated rings. The molecule has 0 spiro atoms. The van der Waals surface area contributed by atoms with Crippen LogP contribution in [0.15, 0.2) is 76.5 Å². The minimum absolute atomic E-state index is 0.00242. The molecule has 0 amide bonds. The Kier molecular flexibility index (Phi) is 9.53. The number of benzene rings is 3. The van der Waals surface area contributed by atoms with Crippen molar-refractivity contribution in [2.24, 2.45) is 5.92 Å². The van der Waals surface area contributed by atoms with E-state index in [1.54, 1.807) is 36.4 Å². The molecule has 1 atom stereocenters. The molecule has 3 aromatic carbocycles. The van der Waals surface area contributed by atoms with Gasteiger partial charge in [0, 0.05) is 12.8 Å². The van der Waals surface area contributed by atoms with Gasteiger partial charge in [0.05, 0.1) is 25.2 Å². The predicted octanol–water partition coefficient (Wildman–Crippen LogP) is 4.21. The molecule has 11 heteroatoms. The molecule has 0 saturated heterocycles. The Morgan fingerprint density at radius 1 is 0.763 bits per heavy atom. The van der Waals surface area contributed by atoms with Crippen LogP contribution in [-0.2, 0) is 40.4 Å². The zero-order valence-corrected chi connectivity index (χ0v) is 23.2. The van der Waals surface area contributed by atoms with Crippen molar-refractivity contribution in [2.45, 2.75) is 37.0 Å². The van der Waals surface area contributed by atoms with Gasteiger partial charge in [-0.15, -0.1) is 0 Å². The van der Waals surface area contributed by atoms with Gasteiger partial charge in [-0.25, -0.2) is 0 Å². The molecule has 3 aromatic rings. The second-order valence-corrected chi connectivity index (χ2v) is 11.9. The van der Waals surface area contributed by atoms with Gasteiger partial charge in [-0.05, 0) is 62.2 Å². The van der Waals surface area contributed by atoms with Crippen LogP contribution in [0.1, 0.15) is 23.6 Å². The highest BCUT2D eigenvalue weighted by Gasteiger charge is 2.22. The first-order valence-electron chi connectivity index (χ1n) is 11.7. The Bertz CT molecular complexity index is 1460. The predicted molar refractivity (Wildman–Crippen MR) is 140 cm³/mol. The van der Waals surface area contributed by atoms with Gasteiger partial charge >= 0.3 is 16.1 Å². The maximum atomic E-state index is 12.7. The highest BCUT2D eigenvalue weighted by molar-refractivity contribution is 7.87. The van der Waals surface area contributed by atoms with Crippen LogP contribution in [0.3, 0.4) is 0 Å². The quantitative estimate of drug-likeness (QED) is 0.236. The van der Waals surface area contributed by atoms with Crippen molar-refractivity contribution in [2.75, 3.05) is 20.3 Å². The van der Waals surface area contributed by atoms with Gasteiger partial charge in [-0.1, -0.05) is 41.5 Å². The Morgan fingerprint density at radius 2 is 1.32 bits per heavy atom. The van der Waals surface area contributed by atoms with Gasteiger partial charge in [0.15, 0.2) is 11.5 Å². The molecule has 0 saturated carbocycles. The zero-order chi connectivity index (χ0) is 27.9. The van der Waals surface area contributed by atoms with Crippen LogP contribution >= 0.6 is 0 Å². The van der Waals surface area contributed by atoms with E-state index in [1.807, 2.05) is 13.8 Å². The van der Waals surface area contributed by atoms with Gasteiger partial charge in [0.1, 0.15) is 4.90 Å². The highest BCUT2D eigenvalue weighted by Crippen LogP contribution is 2.32. The molecule has 0 unspecified atom stereocenters. The SMILES string of the molecule is COc1cc(C[C@@H](COC(C)=O)COS(=O)(=O)c2ccc(C)cc2)ccc1OS(=O)(=O)c1ccc(C)cc1. The topological polar surface area (TPSA) is 122 Å². The van der Waals surface area contributed by atoms with Gasteiger partial charge in [-0.3, -0.25) is 8.98 Å². The second kappa shape index (κ2) is 12.4. The van der Waals surface area contributed by atoms with Gasteiger partial charge in [0.2, 0.25) is 0 Å². The average molecular weight is 563 g/mol. The van der Waals surface area contributed by atoms with E-state index in [4.69, 9.17) is 17.8 Å². The van der Waals surface area contributed by atoms with Crippen LogP contribution in [0.5, 0.6) is 11.5 Å². The summed E-state index contributed by atoms with van der Waals surface area (Å²) >= 11 is 0. The number of aryl methyl sites for hydroxylation is 2. The lowest BCUT2D eigenvalue weighted by atomic mass is 10.0. The Labute approximate surface area is 223 Å². The number of rotatable bonds is 12. The summed E-state index contributed by atoms with van der Waals surface area (Å²) in [6, 6.07) is 17.1. The second-order valence-electron chi connectivity index (χ2n) is 8.76. The van der Waals surface area contributed by atoms with Crippen LogP contribution in [0.4, 0.5) is 0 Å². The molecule has 9 nitrogen and oxygen atoms in total. The molecule has 0 bridgehead atoms. The lowest BCUT2D eigenvalue weighted by Crippen LogP contribution is -2.22. The lowest BCUT2D eigenvalue weighted by molar-refractivity contribution is -0.142. The fraction of sp³-hybridized carbons (Fsp3) is 0.296. The molecular formula is C27H30O9S2. The van der Waals surface area contributed by atoms with E-state index in [1.165, 1.54) is 44.4 Å². The molecule has 38 heavy (non-hydrogen) atoms. The zero-order valence-electron chi connectivity index (χ0n) is 21.5. The van der Waals surface area contributed by atoms with Gasteiger partial charge in [0.25, 0.3) is 10.1 Å². The first-order chi connectivity index (χ1) is 17.9. The van der Waals surface area contributed by atoms with Crippen molar-refractivity contribution in [1.82, 2.24) is 0 Å². The number of hydrogen-bond donors (Lipinski definition) is 0. The number of methoxy groups -OCH3 is 1. The minimum Gasteiger partial charge on any atom is -0.493 e. The van der Waals surface area contributed by atoms with Crippen molar-refractivity contribution >= 4 is 26.2 Å². The van der Waals surface area contributed by atoms with E-state index in [0.717, 1.165) is 11.1 Å². The largest absolute Gasteiger partial charge is 0.493 e. The molecule has 204 valence electrons. The third-order valence-electron chi connectivity index (χ3n) is 5.55. The van der Waals surface area contributed by atoms with E-state index < -0.39 is 32.1 Å². The fourth-order valence-electron chi connectivity index (χ4n) is 3.47. The van der Waals surface area contributed by atoms with Crippen LogP contribution in [0, 0.1) is 19.8 Å². The Balaban J connectivity index is 1.77. The standard InChI is InChI=1S/C27H30O9S2/c1-19-5-10-24(11-6-19)37(29,30)35-18-23(17-34-21(3)28)15-22-9-14-26(27(16-22)33-4)36-38(31,32)25-12-7-20(2)8-13-25/h5-14,16,23H,15,17-18H2,1-4H3/t23-/m0/s1. The summed E-state index contributed by atoms with van der Waals surface area (Å²) in [6.45, 7) is 4.61. The maximum absolute atomic E-state index is 12.7. The minimum atomic E-state index is -4.10.